The molecule has 0 radical (unpaired) electrons. The normalized spacial score (nSPS) is 11.4. The van der Waals surface area contributed by atoms with Crippen LogP contribution in [-0.2, 0) is 0 Å². The highest BCUT2D eigenvalue weighted by Gasteiger charge is 2.12. The average Bonchev–Trinajstić information content (AvgIpc) is 3.15. The molecule has 4 aromatic rings. The van der Waals surface area contributed by atoms with Crippen LogP contribution in [0, 0.1) is 12.7 Å². The lowest BCUT2D eigenvalue weighted by molar-refractivity contribution is 0.626. The second kappa shape index (κ2) is 9.27. The summed E-state index contributed by atoms with van der Waals surface area (Å²) in [6.07, 6.45) is 8.37. The van der Waals surface area contributed by atoms with Crippen LogP contribution in [0.2, 0.25) is 0 Å². The van der Waals surface area contributed by atoms with E-state index in [2.05, 4.69) is 35.6 Å². The van der Waals surface area contributed by atoms with Crippen LogP contribution in [0.15, 0.2) is 61.4 Å². The van der Waals surface area contributed by atoms with E-state index in [0.29, 0.717) is 23.4 Å². The number of anilines is 3. The molecule has 1 atom stereocenters. The summed E-state index contributed by atoms with van der Waals surface area (Å²) in [7, 11) is 0. The zero-order valence-electron chi connectivity index (χ0n) is 16.3. The zero-order chi connectivity index (χ0) is 20.2. The van der Waals surface area contributed by atoms with Crippen molar-refractivity contribution in [3.63, 3.8) is 0 Å². The van der Waals surface area contributed by atoms with Crippen molar-refractivity contribution in [2.45, 2.75) is 19.9 Å². The van der Waals surface area contributed by atoms with Gasteiger partial charge in [0.1, 0.15) is 29.6 Å². The minimum Gasteiger partial charge on any atom is -0.348 e. The van der Waals surface area contributed by atoms with Crippen molar-refractivity contribution >= 4 is 30.0 Å². The van der Waals surface area contributed by atoms with Crippen molar-refractivity contribution in [2.75, 3.05) is 10.6 Å². The molecule has 3 aromatic heterocycles. The second-order valence-electron chi connectivity index (χ2n) is 6.49. The molecule has 0 amide bonds. The van der Waals surface area contributed by atoms with Crippen LogP contribution in [-0.4, -0.2) is 29.5 Å². The number of rotatable bonds is 6. The van der Waals surface area contributed by atoms with Crippen molar-refractivity contribution in [3.8, 4) is 5.82 Å². The van der Waals surface area contributed by atoms with Crippen LogP contribution in [0.4, 0.5) is 22.0 Å². The number of aromatic nitrogens is 6. The number of nitrogens with zero attached hydrogens (tertiary/aromatic N) is 6. The van der Waals surface area contributed by atoms with E-state index < -0.39 is 0 Å². The standard InChI is InChI=1S/C20H19FN8.ClH/c1-13-11-29(12-24-13)19-9-17(26-18-10-22-7-8-23-18)27-20(28-19)25-14(2)15-3-5-16(21)6-4-15;/h3-12,14H,1-2H3,(H2,23,25,26,27,28);1H. The number of benzene rings is 1. The van der Waals surface area contributed by atoms with Crippen LogP contribution >= 0.6 is 12.4 Å². The maximum absolute atomic E-state index is 13.2. The molecule has 10 heteroatoms. The number of hydrogen-bond acceptors (Lipinski definition) is 7. The molecule has 0 bridgehead atoms. The van der Waals surface area contributed by atoms with E-state index in [1.807, 2.05) is 24.6 Å². The van der Waals surface area contributed by atoms with Gasteiger partial charge in [-0.1, -0.05) is 12.1 Å². The Balaban J connectivity index is 0.00000256. The Labute approximate surface area is 179 Å². The Hall–Kier alpha value is -3.59. The molecule has 0 spiro atoms. The third kappa shape index (κ3) is 5.06. The quantitative estimate of drug-likeness (QED) is 0.476. The Bertz CT molecular complexity index is 1100. The first-order valence-corrected chi connectivity index (χ1v) is 9.02. The zero-order valence-corrected chi connectivity index (χ0v) is 17.1. The Morgan fingerprint density at radius 3 is 2.50 bits per heavy atom. The summed E-state index contributed by atoms with van der Waals surface area (Å²) < 4.78 is 15.0. The molecule has 0 saturated carbocycles. The first-order chi connectivity index (χ1) is 14.1. The van der Waals surface area contributed by atoms with Gasteiger partial charge < -0.3 is 10.6 Å². The predicted molar refractivity (Wildman–Crippen MR) is 115 cm³/mol. The highest BCUT2D eigenvalue weighted by molar-refractivity contribution is 5.85. The number of hydrogen-bond donors (Lipinski definition) is 2. The molecule has 0 fully saturated rings. The molecular weight excluding hydrogens is 407 g/mol. The highest BCUT2D eigenvalue weighted by atomic mass is 35.5. The van der Waals surface area contributed by atoms with Crippen LogP contribution in [0.1, 0.15) is 24.2 Å². The summed E-state index contributed by atoms with van der Waals surface area (Å²) in [5, 5.41) is 6.40. The number of nitrogens with one attached hydrogen (secondary N) is 2. The molecule has 0 aliphatic carbocycles. The van der Waals surface area contributed by atoms with Gasteiger partial charge in [-0.2, -0.15) is 9.97 Å². The molecule has 1 aromatic carbocycles. The molecule has 0 aliphatic rings. The lowest BCUT2D eigenvalue weighted by Crippen LogP contribution is -2.12. The molecule has 3 heterocycles. The van der Waals surface area contributed by atoms with Gasteiger partial charge >= 0.3 is 0 Å². The van der Waals surface area contributed by atoms with Crippen molar-refractivity contribution < 1.29 is 4.39 Å². The van der Waals surface area contributed by atoms with Gasteiger partial charge in [-0.25, -0.2) is 14.4 Å². The second-order valence-corrected chi connectivity index (χ2v) is 6.49. The fourth-order valence-corrected chi connectivity index (χ4v) is 2.77. The van der Waals surface area contributed by atoms with Crippen LogP contribution < -0.4 is 10.6 Å². The topological polar surface area (TPSA) is 93.4 Å². The van der Waals surface area contributed by atoms with E-state index in [1.165, 1.54) is 12.1 Å². The lowest BCUT2D eigenvalue weighted by atomic mass is 10.1. The minimum atomic E-state index is -0.273. The molecule has 1 unspecified atom stereocenters. The first kappa shape index (κ1) is 21.1. The maximum Gasteiger partial charge on any atom is 0.227 e. The third-order valence-corrected chi connectivity index (χ3v) is 4.22. The lowest BCUT2D eigenvalue weighted by Gasteiger charge is -2.16. The van der Waals surface area contributed by atoms with Crippen LogP contribution in [0.3, 0.4) is 0 Å². The summed E-state index contributed by atoms with van der Waals surface area (Å²) in [5.41, 5.74) is 1.79. The Morgan fingerprint density at radius 2 is 1.83 bits per heavy atom. The summed E-state index contributed by atoms with van der Waals surface area (Å²) in [4.78, 5) is 21.7. The van der Waals surface area contributed by atoms with Crippen LogP contribution in [0.5, 0.6) is 0 Å². The Kier molecular flexibility index (Phi) is 6.53. The largest absolute Gasteiger partial charge is 0.348 e. The molecule has 0 saturated heterocycles. The van der Waals surface area contributed by atoms with Gasteiger partial charge in [0.15, 0.2) is 0 Å². The van der Waals surface area contributed by atoms with Gasteiger partial charge in [-0.05, 0) is 31.5 Å². The Morgan fingerprint density at radius 1 is 1.03 bits per heavy atom. The van der Waals surface area contributed by atoms with E-state index in [4.69, 9.17) is 0 Å². The van der Waals surface area contributed by atoms with E-state index >= 15 is 0 Å². The van der Waals surface area contributed by atoms with Gasteiger partial charge in [0.05, 0.1) is 17.9 Å². The van der Waals surface area contributed by atoms with Crippen LogP contribution in [0.25, 0.3) is 5.82 Å². The summed E-state index contributed by atoms with van der Waals surface area (Å²) in [6.45, 7) is 3.87. The molecule has 30 heavy (non-hydrogen) atoms. The van der Waals surface area contributed by atoms with Crippen molar-refractivity contribution in [1.29, 1.82) is 0 Å². The van der Waals surface area contributed by atoms with Gasteiger partial charge in [0, 0.05) is 24.7 Å². The number of halogens is 2. The SMILES string of the molecule is Cc1cn(-c2cc(Nc3cnccn3)nc(NC(C)c3ccc(F)cc3)n2)cn1.Cl. The molecule has 2 N–H and O–H groups in total. The highest BCUT2D eigenvalue weighted by Crippen LogP contribution is 2.21. The molecular formula is C20H20ClFN8. The maximum atomic E-state index is 13.2. The van der Waals surface area contributed by atoms with Gasteiger partial charge in [-0.15, -0.1) is 12.4 Å². The monoisotopic (exact) mass is 426 g/mol. The summed E-state index contributed by atoms with van der Waals surface area (Å²) >= 11 is 0. The van der Waals surface area contributed by atoms with Gasteiger partial charge in [0.25, 0.3) is 0 Å². The van der Waals surface area contributed by atoms with Crippen molar-refractivity contribution in [2.24, 2.45) is 0 Å². The number of imidazole rings is 1. The van der Waals surface area contributed by atoms with E-state index in [-0.39, 0.29) is 24.3 Å². The predicted octanol–water partition coefficient (Wildman–Crippen LogP) is 4.24. The first-order valence-electron chi connectivity index (χ1n) is 9.02. The fourth-order valence-electron chi connectivity index (χ4n) is 2.77. The number of aryl methyl sites for hydroxylation is 1. The molecule has 154 valence electrons. The van der Waals surface area contributed by atoms with E-state index in [9.17, 15) is 4.39 Å². The van der Waals surface area contributed by atoms with E-state index in [0.717, 1.165) is 11.3 Å². The minimum absolute atomic E-state index is 0. The molecule has 8 nitrogen and oxygen atoms in total. The van der Waals surface area contributed by atoms with Crippen molar-refractivity contribution in [3.05, 3.63) is 78.5 Å². The fraction of sp³-hybridized carbons (Fsp3) is 0.150. The van der Waals surface area contributed by atoms with Gasteiger partial charge in [-0.3, -0.25) is 9.55 Å². The average molecular weight is 427 g/mol. The summed E-state index contributed by atoms with van der Waals surface area (Å²) in [5.74, 6) is 1.90. The summed E-state index contributed by atoms with van der Waals surface area (Å²) in [6, 6.07) is 7.99. The third-order valence-electron chi connectivity index (χ3n) is 4.22. The molecule has 0 aliphatic heterocycles. The van der Waals surface area contributed by atoms with E-state index in [1.54, 1.807) is 43.1 Å². The van der Waals surface area contributed by atoms with Gasteiger partial charge in [0.2, 0.25) is 5.95 Å². The smallest absolute Gasteiger partial charge is 0.227 e. The van der Waals surface area contributed by atoms with Crippen molar-refractivity contribution in [1.82, 2.24) is 29.5 Å². The molecule has 4 rings (SSSR count).